The first-order valence-corrected chi connectivity index (χ1v) is 7.20. The van der Waals surface area contributed by atoms with Crippen LogP contribution < -0.4 is 0 Å². The second-order valence-electron chi connectivity index (χ2n) is 7.54. The molecule has 2 nitrogen and oxygen atoms in total. The molecule has 98 valence electrons. The van der Waals surface area contributed by atoms with E-state index >= 15 is 0 Å². The van der Waals surface area contributed by atoms with Gasteiger partial charge >= 0.3 is 0 Å². The summed E-state index contributed by atoms with van der Waals surface area (Å²) in [6.45, 7) is 6.85. The molecule has 0 saturated heterocycles. The Morgan fingerprint density at radius 1 is 1.12 bits per heavy atom. The topological polar surface area (TPSA) is 40.5 Å². The molecule has 2 bridgehead atoms. The van der Waals surface area contributed by atoms with Gasteiger partial charge in [0.05, 0.1) is 5.60 Å². The quantitative estimate of drug-likeness (QED) is 0.737. The van der Waals surface area contributed by atoms with Crippen molar-refractivity contribution >= 4 is 0 Å². The van der Waals surface area contributed by atoms with Crippen molar-refractivity contribution in [1.29, 1.82) is 0 Å². The van der Waals surface area contributed by atoms with Gasteiger partial charge < -0.3 is 10.2 Å². The van der Waals surface area contributed by atoms with Gasteiger partial charge in [0, 0.05) is 6.61 Å². The predicted molar refractivity (Wildman–Crippen MR) is 67.5 cm³/mol. The van der Waals surface area contributed by atoms with Crippen molar-refractivity contribution in [3.8, 4) is 0 Å². The molecule has 0 aliphatic heterocycles. The van der Waals surface area contributed by atoms with E-state index < -0.39 is 5.60 Å². The SMILES string of the molecule is C[C@@H]1CC[C@H]2[C@@](C)(CO)[C@H]3C[C@@]12CC[C@]3(C)O. The first-order chi connectivity index (χ1) is 7.87. The summed E-state index contributed by atoms with van der Waals surface area (Å²) in [6.07, 6.45) is 5.80. The predicted octanol–water partition coefficient (Wildman–Crippen LogP) is 2.58. The summed E-state index contributed by atoms with van der Waals surface area (Å²) in [5.74, 6) is 1.70. The van der Waals surface area contributed by atoms with E-state index in [2.05, 4.69) is 13.8 Å². The molecule has 0 heterocycles. The maximum atomic E-state index is 10.7. The number of rotatable bonds is 1. The van der Waals surface area contributed by atoms with Crippen LogP contribution in [0.15, 0.2) is 0 Å². The van der Waals surface area contributed by atoms with E-state index in [-0.39, 0.29) is 12.0 Å². The zero-order chi connectivity index (χ0) is 12.5. The van der Waals surface area contributed by atoms with E-state index in [1.807, 2.05) is 6.92 Å². The average Bonchev–Trinajstić information content (AvgIpc) is 2.71. The highest BCUT2D eigenvalue weighted by atomic mass is 16.3. The maximum absolute atomic E-state index is 10.7. The Labute approximate surface area is 104 Å². The van der Waals surface area contributed by atoms with Gasteiger partial charge in [0.15, 0.2) is 0 Å². The summed E-state index contributed by atoms with van der Waals surface area (Å²) in [7, 11) is 0. The third kappa shape index (κ3) is 1.24. The van der Waals surface area contributed by atoms with Crippen molar-refractivity contribution in [3.05, 3.63) is 0 Å². The molecule has 0 amide bonds. The van der Waals surface area contributed by atoms with Crippen molar-refractivity contribution in [1.82, 2.24) is 0 Å². The van der Waals surface area contributed by atoms with Crippen LogP contribution >= 0.6 is 0 Å². The average molecular weight is 238 g/mol. The Kier molecular flexibility index (Phi) is 2.30. The molecule has 17 heavy (non-hydrogen) atoms. The summed E-state index contributed by atoms with van der Waals surface area (Å²) >= 11 is 0. The van der Waals surface area contributed by atoms with Crippen LogP contribution in [0, 0.1) is 28.6 Å². The lowest BCUT2D eigenvalue weighted by atomic mass is 9.64. The summed E-state index contributed by atoms with van der Waals surface area (Å²) < 4.78 is 0. The normalized spacial score (nSPS) is 61.6. The number of aliphatic hydroxyl groups is 2. The summed E-state index contributed by atoms with van der Waals surface area (Å²) in [5, 5.41) is 20.6. The monoisotopic (exact) mass is 238 g/mol. The van der Waals surface area contributed by atoms with Crippen LogP contribution in [0.4, 0.5) is 0 Å². The lowest BCUT2D eigenvalue weighted by Gasteiger charge is -2.44. The van der Waals surface area contributed by atoms with Gasteiger partial charge in [-0.05, 0) is 67.6 Å². The Balaban J connectivity index is 2.08. The van der Waals surface area contributed by atoms with Crippen molar-refractivity contribution < 1.29 is 10.2 Å². The van der Waals surface area contributed by atoms with Gasteiger partial charge in [-0.3, -0.25) is 0 Å². The van der Waals surface area contributed by atoms with E-state index in [1.165, 1.54) is 12.8 Å². The van der Waals surface area contributed by atoms with Gasteiger partial charge in [-0.25, -0.2) is 0 Å². The van der Waals surface area contributed by atoms with Crippen molar-refractivity contribution in [2.24, 2.45) is 28.6 Å². The third-order valence-electron chi connectivity index (χ3n) is 6.93. The molecular weight excluding hydrogens is 212 g/mol. The minimum Gasteiger partial charge on any atom is -0.396 e. The Bertz CT molecular complexity index is 334. The highest BCUT2D eigenvalue weighted by Crippen LogP contribution is 2.73. The highest BCUT2D eigenvalue weighted by Gasteiger charge is 2.68. The van der Waals surface area contributed by atoms with E-state index in [0.29, 0.717) is 17.3 Å². The zero-order valence-corrected chi connectivity index (χ0v) is 11.4. The molecule has 0 radical (unpaired) electrons. The van der Waals surface area contributed by atoms with Crippen LogP contribution in [0.2, 0.25) is 0 Å². The maximum Gasteiger partial charge on any atom is 0.0654 e. The number of hydrogen-bond donors (Lipinski definition) is 2. The molecule has 3 rings (SSSR count). The smallest absolute Gasteiger partial charge is 0.0654 e. The van der Waals surface area contributed by atoms with Crippen LogP contribution in [0.25, 0.3) is 0 Å². The van der Waals surface area contributed by atoms with Crippen LogP contribution in [-0.4, -0.2) is 22.4 Å². The van der Waals surface area contributed by atoms with Crippen LogP contribution in [0.5, 0.6) is 0 Å². The summed E-state index contributed by atoms with van der Waals surface area (Å²) in [4.78, 5) is 0. The third-order valence-corrected chi connectivity index (χ3v) is 6.93. The standard InChI is InChI=1S/C15H26O2/c1-10-4-5-11-13(2,9-16)12-8-15(10,11)7-6-14(12,3)17/h10-12,16-17H,4-9H2,1-3H3/t10-,11+,12-,13-,14+,15+/m1/s1. The van der Waals surface area contributed by atoms with E-state index in [0.717, 1.165) is 25.2 Å². The number of fused-ring (bicyclic) bond motifs is 1. The van der Waals surface area contributed by atoms with Gasteiger partial charge in [-0.15, -0.1) is 0 Å². The molecule has 6 atom stereocenters. The fraction of sp³-hybridized carbons (Fsp3) is 1.00. The summed E-state index contributed by atoms with van der Waals surface area (Å²) in [5.41, 5.74) is -0.179. The fourth-order valence-electron chi connectivity index (χ4n) is 5.85. The lowest BCUT2D eigenvalue weighted by molar-refractivity contribution is -0.0858. The Morgan fingerprint density at radius 2 is 1.82 bits per heavy atom. The molecule has 3 saturated carbocycles. The van der Waals surface area contributed by atoms with Crippen LogP contribution in [0.3, 0.4) is 0 Å². The number of aliphatic hydroxyl groups excluding tert-OH is 1. The van der Waals surface area contributed by atoms with Crippen LogP contribution in [-0.2, 0) is 0 Å². The Hall–Kier alpha value is -0.0800. The molecule has 1 spiro atoms. The second-order valence-corrected chi connectivity index (χ2v) is 7.54. The molecule has 2 heteroatoms. The minimum atomic E-state index is -0.563. The van der Waals surface area contributed by atoms with Crippen LogP contribution in [0.1, 0.15) is 52.9 Å². The molecule has 3 aliphatic rings. The molecule has 0 aromatic heterocycles. The first-order valence-electron chi connectivity index (χ1n) is 7.20. The first kappa shape index (κ1) is 12.0. The molecule has 0 unspecified atom stereocenters. The molecule has 3 fully saturated rings. The molecule has 3 aliphatic carbocycles. The molecular formula is C15H26O2. The van der Waals surface area contributed by atoms with Gasteiger partial charge in [-0.1, -0.05) is 13.8 Å². The van der Waals surface area contributed by atoms with E-state index in [1.54, 1.807) is 0 Å². The van der Waals surface area contributed by atoms with E-state index in [9.17, 15) is 10.2 Å². The Morgan fingerprint density at radius 3 is 2.47 bits per heavy atom. The van der Waals surface area contributed by atoms with Gasteiger partial charge in [0.2, 0.25) is 0 Å². The molecule has 0 aromatic carbocycles. The van der Waals surface area contributed by atoms with Gasteiger partial charge in [-0.2, -0.15) is 0 Å². The second kappa shape index (κ2) is 3.27. The van der Waals surface area contributed by atoms with Crippen molar-refractivity contribution in [2.45, 2.75) is 58.5 Å². The molecule has 2 N–H and O–H groups in total. The summed E-state index contributed by atoms with van der Waals surface area (Å²) in [6, 6.07) is 0. The zero-order valence-electron chi connectivity index (χ0n) is 11.4. The lowest BCUT2D eigenvalue weighted by Crippen LogP contribution is -2.46. The number of hydrogen-bond acceptors (Lipinski definition) is 2. The molecule has 0 aromatic rings. The van der Waals surface area contributed by atoms with Crippen molar-refractivity contribution in [2.75, 3.05) is 6.61 Å². The highest BCUT2D eigenvalue weighted by molar-refractivity contribution is 5.17. The largest absolute Gasteiger partial charge is 0.396 e. The van der Waals surface area contributed by atoms with E-state index in [4.69, 9.17) is 0 Å². The van der Waals surface area contributed by atoms with Gasteiger partial charge in [0.25, 0.3) is 0 Å². The minimum absolute atomic E-state index is 0.0508. The fourth-order valence-corrected chi connectivity index (χ4v) is 5.85. The van der Waals surface area contributed by atoms with Crippen molar-refractivity contribution in [3.63, 3.8) is 0 Å². The van der Waals surface area contributed by atoms with Gasteiger partial charge in [0.1, 0.15) is 0 Å².